The highest BCUT2D eigenvalue weighted by molar-refractivity contribution is 7.89. The molecular weight excluding hydrogens is 457 g/mol. The van der Waals surface area contributed by atoms with Gasteiger partial charge >= 0.3 is 0 Å². The van der Waals surface area contributed by atoms with E-state index < -0.39 is 15.8 Å². The van der Waals surface area contributed by atoms with Crippen LogP contribution in [-0.2, 0) is 26.0 Å². The van der Waals surface area contributed by atoms with E-state index in [0.29, 0.717) is 25.8 Å². The number of sulfonamides is 1. The maximum atomic E-state index is 13.3. The van der Waals surface area contributed by atoms with Crippen LogP contribution in [0.5, 0.6) is 0 Å². The molecule has 7 nitrogen and oxygen atoms in total. The number of carbonyl (C=O) groups excluding carboxylic acids is 2. The number of rotatable bonds is 8. The van der Waals surface area contributed by atoms with Crippen molar-refractivity contribution in [1.29, 1.82) is 0 Å². The Balaban J connectivity index is 1.42. The summed E-state index contributed by atoms with van der Waals surface area (Å²) in [4.78, 5) is 24.3. The molecule has 32 heavy (non-hydrogen) atoms. The lowest BCUT2D eigenvalue weighted by atomic mass is 9.97. The van der Waals surface area contributed by atoms with Gasteiger partial charge < -0.3 is 10.6 Å². The Morgan fingerprint density at radius 2 is 1.75 bits per heavy atom. The SMILES string of the molecule is O=C(CNC(=O)C1CCN(S(=O)(=O)c2ccc(F)c(Cl)c2)CC1)NCCc1ccccc1. The molecule has 172 valence electrons. The molecule has 0 unspecified atom stereocenters. The Morgan fingerprint density at radius 1 is 1.06 bits per heavy atom. The molecule has 0 aliphatic carbocycles. The minimum absolute atomic E-state index is 0.0843. The van der Waals surface area contributed by atoms with Crippen molar-refractivity contribution in [2.24, 2.45) is 5.92 Å². The van der Waals surface area contributed by atoms with Gasteiger partial charge in [-0.15, -0.1) is 0 Å². The van der Waals surface area contributed by atoms with E-state index in [1.54, 1.807) is 0 Å². The van der Waals surface area contributed by atoms with Crippen LogP contribution in [0.2, 0.25) is 5.02 Å². The third kappa shape index (κ3) is 6.27. The van der Waals surface area contributed by atoms with E-state index >= 15 is 0 Å². The minimum Gasteiger partial charge on any atom is -0.354 e. The number of nitrogens with zero attached hydrogens (tertiary/aromatic N) is 1. The van der Waals surface area contributed by atoms with Gasteiger partial charge in [0, 0.05) is 25.6 Å². The second-order valence-corrected chi connectivity index (χ2v) is 9.90. The molecule has 2 aromatic rings. The average molecular weight is 482 g/mol. The summed E-state index contributed by atoms with van der Waals surface area (Å²) >= 11 is 5.70. The summed E-state index contributed by atoms with van der Waals surface area (Å²) in [6, 6.07) is 13.0. The molecule has 10 heteroatoms. The normalized spacial score (nSPS) is 15.3. The highest BCUT2D eigenvalue weighted by atomic mass is 35.5. The topological polar surface area (TPSA) is 95.6 Å². The van der Waals surface area contributed by atoms with E-state index in [2.05, 4.69) is 10.6 Å². The summed E-state index contributed by atoms with van der Waals surface area (Å²) in [6.07, 6.45) is 1.36. The van der Waals surface area contributed by atoms with Gasteiger partial charge in [-0.1, -0.05) is 41.9 Å². The highest BCUT2D eigenvalue weighted by Crippen LogP contribution is 2.26. The van der Waals surface area contributed by atoms with Crippen molar-refractivity contribution in [3.05, 3.63) is 64.9 Å². The van der Waals surface area contributed by atoms with Crippen LogP contribution in [0, 0.1) is 11.7 Å². The fourth-order valence-electron chi connectivity index (χ4n) is 3.51. The Hall–Kier alpha value is -2.49. The van der Waals surface area contributed by atoms with Crippen LogP contribution in [0.15, 0.2) is 53.4 Å². The quantitative estimate of drug-likeness (QED) is 0.605. The first-order valence-electron chi connectivity index (χ1n) is 10.3. The first kappa shape index (κ1) is 24.2. The Bertz CT molecular complexity index is 1060. The third-order valence-electron chi connectivity index (χ3n) is 5.36. The van der Waals surface area contributed by atoms with Gasteiger partial charge in [0.25, 0.3) is 0 Å². The van der Waals surface area contributed by atoms with E-state index in [-0.39, 0.29) is 47.3 Å². The van der Waals surface area contributed by atoms with Crippen molar-refractivity contribution in [2.75, 3.05) is 26.2 Å². The fourth-order valence-corrected chi connectivity index (χ4v) is 5.25. The lowest BCUT2D eigenvalue weighted by Gasteiger charge is -2.30. The maximum Gasteiger partial charge on any atom is 0.243 e. The molecule has 1 saturated heterocycles. The van der Waals surface area contributed by atoms with E-state index in [4.69, 9.17) is 11.6 Å². The number of carbonyl (C=O) groups is 2. The van der Waals surface area contributed by atoms with E-state index in [1.165, 1.54) is 10.4 Å². The summed E-state index contributed by atoms with van der Waals surface area (Å²) in [5.74, 6) is -1.62. The van der Waals surface area contributed by atoms with Gasteiger partial charge in [0.1, 0.15) is 5.82 Å². The maximum absolute atomic E-state index is 13.3. The molecule has 0 radical (unpaired) electrons. The number of halogens is 2. The molecule has 0 spiro atoms. The molecule has 3 rings (SSSR count). The zero-order chi connectivity index (χ0) is 23.1. The molecule has 1 fully saturated rings. The van der Waals surface area contributed by atoms with Crippen molar-refractivity contribution in [3.8, 4) is 0 Å². The molecule has 2 amide bonds. The standard InChI is InChI=1S/C22H25ClFN3O4S/c23-19-14-18(6-7-20(19)24)32(30,31)27-12-9-17(10-13-27)22(29)26-15-21(28)25-11-8-16-4-2-1-3-5-16/h1-7,14,17H,8-13,15H2,(H,25,28)(H,26,29). The summed E-state index contributed by atoms with van der Waals surface area (Å²) in [5, 5.41) is 5.12. The van der Waals surface area contributed by atoms with Crippen LogP contribution in [-0.4, -0.2) is 50.7 Å². The number of benzene rings is 2. The van der Waals surface area contributed by atoms with Crippen LogP contribution in [0.4, 0.5) is 4.39 Å². The predicted molar refractivity (Wildman–Crippen MR) is 119 cm³/mol. The van der Waals surface area contributed by atoms with Gasteiger partial charge in [-0.3, -0.25) is 9.59 Å². The van der Waals surface area contributed by atoms with Gasteiger partial charge in [0.15, 0.2) is 0 Å². The van der Waals surface area contributed by atoms with Gasteiger partial charge in [-0.05, 0) is 43.0 Å². The van der Waals surface area contributed by atoms with Crippen LogP contribution in [0.1, 0.15) is 18.4 Å². The number of piperidine rings is 1. The van der Waals surface area contributed by atoms with Crippen LogP contribution in [0.25, 0.3) is 0 Å². The minimum atomic E-state index is -3.82. The number of hydrogen-bond donors (Lipinski definition) is 2. The largest absolute Gasteiger partial charge is 0.354 e. The average Bonchev–Trinajstić information content (AvgIpc) is 2.80. The van der Waals surface area contributed by atoms with Crippen LogP contribution in [0.3, 0.4) is 0 Å². The fraction of sp³-hybridized carbons (Fsp3) is 0.364. The molecular formula is C22H25ClFN3O4S. The van der Waals surface area contributed by atoms with Gasteiger partial charge in [0.2, 0.25) is 21.8 Å². The highest BCUT2D eigenvalue weighted by Gasteiger charge is 2.32. The number of hydrogen-bond acceptors (Lipinski definition) is 4. The zero-order valence-electron chi connectivity index (χ0n) is 17.4. The summed E-state index contributed by atoms with van der Waals surface area (Å²) < 4.78 is 40.1. The summed E-state index contributed by atoms with van der Waals surface area (Å²) in [6.45, 7) is 0.653. The molecule has 0 bridgehead atoms. The van der Waals surface area contributed by atoms with Gasteiger partial charge in [-0.2, -0.15) is 4.31 Å². The Labute approximate surface area is 192 Å². The van der Waals surface area contributed by atoms with E-state index in [9.17, 15) is 22.4 Å². The molecule has 2 N–H and O–H groups in total. The van der Waals surface area contributed by atoms with Crippen LogP contribution < -0.4 is 10.6 Å². The Morgan fingerprint density at radius 3 is 2.41 bits per heavy atom. The van der Waals surface area contributed by atoms with Crippen molar-refractivity contribution in [1.82, 2.24) is 14.9 Å². The lowest BCUT2D eigenvalue weighted by Crippen LogP contribution is -2.45. The molecule has 2 aromatic carbocycles. The first-order chi connectivity index (χ1) is 15.3. The second kappa shape index (κ2) is 10.9. The predicted octanol–water partition coefficient (Wildman–Crippen LogP) is 2.35. The number of nitrogens with one attached hydrogen (secondary N) is 2. The van der Waals surface area contributed by atoms with Crippen molar-refractivity contribution in [3.63, 3.8) is 0 Å². The van der Waals surface area contributed by atoms with E-state index in [0.717, 1.165) is 17.7 Å². The van der Waals surface area contributed by atoms with Crippen molar-refractivity contribution < 1.29 is 22.4 Å². The van der Waals surface area contributed by atoms with E-state index in [1.807, 2.05) is 30.3 Å². The zero-order valence-corrected chi connectivity index (χ0v) is 19.0. The van der Waals surface area contributed by atoms with Crippen molar-refractivity contribution >= 4 is 33.4 Å². The van der Waals surface area contributed by atoms with Gasteiger partial charge in [-0.25, -0.2) is 12.8 Å². The summed E-state index contributed by atoms with van der Waals surface area (Å²) in [7, 11) is -3.82. The summed E-state index contributed by atoms with van der Waals surface area (Å²) in [5.41, 5.74) is 1.11. The van der Waals surface area contributed by atoms with Gasteiger partial charge in [0.05, 0.1) is 16.5 Å². The second-order valence-electron chi connectivity index (χ2n) is 7.56. The van der Waals surface area contributed by atoms with Crippen LogP contribution >= 0.6 is 11.6 Å². The molecule has 1 heterocycles. The first-order valence-corrected chi connectivity index (χ1v) is 12.1. The molecule has 0 saturated carbocycles. The number of amides is 2. The van der Waals surface area contributed by atoms with Crippen molar-refractivity contribution in [2.45, 2.75) is 24.2 Å². The molecule has 1 aliphatic heterocycles. The molecule has 0 atom stereocenters. The monoisotopic (exact) mass is 481 g/mol. The lowest BCUT2D eigenvalue weighted by molar-refractivity contribution is -0.129. The molecule has 1 aliphatic rings. The molecule has 0 aromatic heterocycles. The smallest absolute Gasteiger partial charge is 0.243 e. The third-order valence-corrected chi connectivity index (χ3v) is 7.54. The Kier molecular flexibility index (Phi) is 8.22.